The molecule has 0 saturated heterocycles. The summed E-state index contributed by atoms with van der Waals surface area (Å²) in [6.07, 6.45) is 1.81. The summed E-state index contributed by atoms with van der Waals surface area (Å²) in [5.41, 5.74) is 7.50. The summed E-state index contributed by atoms with van der Waals surface area (Å²) >= 11 is 1.28. The van der Waals surface area contributed by atoms with Gasteiger partial charge in [-0.05, 0) is 18.2 Å². The Morgan fingerprint density at radius 2 is 2.30 bits per heavy atom. The van der Waals surface area contributed by atoms with Gasteiger partial charge in [0.1, 0.15) is 0 Å². The Bertz CT molecular complexity index is 798. The van der Waals surface area contributed by atoms with Gasteiger partial charge in [0.05, 0.1) is 5.69 Å². The summed E-state index contributed by atoms with van der Waals surface area (Å²) in [6.45, 7) is 2.79. The molecule has 1 atom stereocenters. The van der Waals surface area contributed by atoms with Crippen molar-refractivity contribution < 1.29 is 4.79 Å². The van der Waals surface area contributed by atoms with E-state index in [0.29, 0.717) is 17.9 Å². The molecule has 0 spiro atoms. The van der Waals surface area contributed by atoms with Gasteiger partial charge in [0.15, 0.2) is 5.82 Å². The average molecular weight is 328 g/mol. The van der Waals surface area contributed by atoms with Gasteiger partial charge in [-0.25, -0.2) is 0 Å². The predicted molar refractivity (Wildman–Crippen MR) is 89.4 cm³/mol. The van der Waals surface area contributed by atoms with Crippen LogP contribution in [0.25, 0.3) is 11.4 Å². The van der Waals surface area contributed by atoms with Gasteiger partial charge in [-0.2, -0.15) is 14.5 Å². The van der Waals surface area contributed by atoms with Crippen molar-refractivity contribution in [3.05, 3.63) is 47.8 Å². The molecule has 4 N–H and O–H groups in total. The number of H-pyrrole nitrogens is 1. The minimum absolute atomic E-state index is 0.256. The largest absolute Gasteiger partial charge is 0.366 e. The molecular weight excluding hydrogens is 312 g/mol. The number of primary amides is 1. The van der Waals surface area contributed by atoms with Crippen molar-refractivity contribution in [3.63, 3.8) is 0 Å². The smallest absolute Gasteiger partial charge is 0.248 e. The molecule has 8 heteroatoms. The fourth-order valence-electron chi connectivity index (χ4n) is 2.12. The molecule has 23 heavy (non-hydrogen) atoms. The van der Waals surface area contributed by atoms with Gasteiger partial charge >= 0.3 is 0 Å². The first-order valence-corrected chi connectivity index (χ1v) is 7.88. The van der Waals surface area contributed by atoms with E-state index in [-0.39, 0.29) is 5.92 Å². The van der Waals surface area contributed by atoms with Crippen LogP contribution < -0.4 is 11.1 Å². The maximum absolute atomic E-state index is 11.2. The van der Waals surface area contributed by atoms with Crippen LogP contribution in [0.3, 0.4) is 0 Å². The summed E-state index contributed by atoms with van der Waals surface area (Å²) < 4.78 is 4.32. The number of aromatic nitrogens is 4. The number of benzene rings is 1. The van der Waals surface area contributed by atoms with Crippen LogP contribution in [0.5, 0.6) is 0 Å². The summed E-state index contributed by atoms with van der Waals surface area (Å²) in [4.78, 5) is 15.7. The number of carbonyl (C=O) groups excluding carboxylic acids is 1. The molecule has 3 rings (SSSR count). The van der Waals surface area contributed by atoms with Crippen molar-refractivity contribution in [3.8, 4) is 11.4 Å². The fourth-order valence-corrected chi connectivity index (χ4v) is 2.71. The number of amides is 1. The van der Waals surface area contributed by atoms with Crippen LogP contribution in [0.4, 0.5) is 5.13 Å². The highest BCUT2D eigenvalue weighted by Crippen LogP contribution is 2.22. The lowest BCUT2D eigenvalue weighted by molar-refractivity contribution is 0.100. The van der Waals surface area contributed by atoms with Crippen molar-refractivity contribution in [2.24, 2.45) is 5.73 Å². The van der Waals surface area contributed by atoms with Crippen LogP contribution in [-0.4, -0.2) is 32.0 Å². The molecule has 0 saturated carbocycles. The number of nitrogens with zero attached hydrogens (tertiary/aromatic N) is 3. The third-order valence-corrected chi connectivity index (χ3v) is 4.09. The molecule has 0 aliphatic rings. The molecule has 0 aliphatic heterocycles. The molecule has 0 radical (unpaired) electrons. The van der Waals surface area contributed by atoms with E-state index in [0.717, 1.165) is 16.4 Å². The number of carbonyl (C=O) groups is 1. The first kappa shape index (κ1) is 15.2. The first-order valence-electron chi connectivity index (χ1n) is 7.11. The minimum atomic E-state index is -0.465. The molecule has 1 unspecified atom stereocenters. The molecule has 1 aromatic carbocycles. The molecule has 118 valence electrons. The second-order valence-electron chi connectivity index (χ2n) is 5.15. The van der Waals surface area contributed by atoms with Crippen molar-refractivity contribution in [2.75, 3.05) is 11.9 Å². The Balaban J connectivity index is 1.68. The average Bonchev–Trinajstić information content (AvgIpc) is 3.24. The zero-order valence-corrected chi connectivity index (χ0v) is 13.3. The molecule has 2 aromatic heterocycles. The highest BCUT2D eigenvalue weighted by Gasteiger charge is 2.11. The Hall–Kier alpha value is -2.74. The zero-order chi connectivity index (χ0) is 16.2. The Morgan fingerprint density at radius 1 is 1.43 bits per heavy atom. The van der Waals surface area contributed by atoms with Gasteiger partial charge in [0.2, 0.25) is 11.0 Å². The minimum Gasteiger partial charge on any atom is -0.366 e. The van der Waals surface area contributed by atoms with Gasteiger partial charge in [0, 0.05) is 41.3 Å². The Labute approximate surface area is 137 Å². The maximum atomic E-state index is 11.2. The molecular formula is C15H16N6OS. The van der Waals surface area contributed by atoms with Crippen LogP contribution >= 0.6 is 11.5 Å². The van der Waals surface area contributed by atoms with E-state index in [1.54, 1.807) is 24.4 Å². The van der Waals surface area contributed by atoms with Crippen LogP contribution in [0.15, 0.2) is 36.5 Å². The third kappa shape index (κ3) is 3.54. The van der Waals surface area contributed by atoms with E-state index < -0.39 is 5.91 Å². The summed E-state index contributed by atoms with van der Waals surface area (Å²) in [7, 11) is 0. The predicted octanol–water partition coefficient (Wildman–Crippen LogP) is 2.24. The quantitative estimate of drug-likeness (QED) is 0.643. The van der Waals surface area contributed by atoms with Gasteiger partial charge in [-0.15, -0.1) is 0 Å². The second kappa shape index (κ2) is 6.57. The van der Waals surface area contributed by atoms with E-state index in [2.05, 4.69) is 31.8 Å². The topological polar surface area (TPSA) is 110 Å². The van der Waals surface area contributed by atoms with E-state index in [4.69, 9.17) is 5.73 Å². The van der Waals surface area contributed by atoms with Crippen molar-refractivity contribution in [2.45, 2.75) is 12.8 Å². The summed E-state index contributed by atoms with van der Waals surface area (Å²) in [5, 5.41) is 11.0. The number of anilines is 1. The number of nitrogens with two attached hydrogens (primary N) is 1. The summed E-state index contributed by atoms with van der Waals surface area (Å²) in [6, 6.07) is 8.93. The third-order valence-electron chi connectivity index (χ3n) is 3.42. The molecule has 0 aliphatic carbocycles. The van der Waals surface area contributed by atoms with Crippen molar-refractivity contribution in [1.29, 1.82) is 0 Å². The number of hydrogen-bond acceptors (Lipinski definition) is 6. The lowest BCUT2D eigenvalue weighted by Gasteiger charge is -2.08. The van der Waals surface area contributed by atoms with Crippen LogP contribution in [0.1, 0.15) is 28.9 Å². The Kier molecular flexibility index (Phi) is 4.33. The van der Waals surface area contributed by atoms with E-state index >= 15 is 0 Å². The first-order chi connectivity index (χ1) is 11.1. The van der Waals surface area contributed by atoms with E-state index in [1.165, 1.54) is 11.5 Å². The van der Waals surface area contributed by atoms with Gasteiger partial charge in [0.25, 0.3) is 0 Å². The number of nitrogens with one attached hydrogen (secondary N) is 2. The zero-order valence-electron chi connectivity index (χ0n) is 12.5. The van der Waals surface area contributed by atoms with Gasteiger partial charge < -0.3 is 11.1 Å². The summed E-state index contributed by atoms with van der Waals surface area (Å²) in [5.74, 6) is 0.369. The number of rotatable bonds is 6. The molecule has 3 aromatic rings. The molecule has 2 heterocycles. The van der Waals surface area contributed by atoms with Crippen LogP contribution in [-0.2, 0) is 0 Å². The van der Waals surface area contributed by atoms with Crippen molar-refractivity contribution >= 4 is 22.6 Å². The van der Waals surface area contributed by atoms with Crippen LogP contribution in [0, 0.1) is 0 Å². The van der Waals surface area contributed by atoms with Gasteiger partial charge in [-0.3, -0.25) is 9.89 Å². The van der Waals surface area contributed by atoms with Crippen molar-refractivity contribution in [1.82, 2.24) is 19.6 Å². The Morgan fingerprint density at radius 3 is 3.04 bits per heavy atom. The molecule has 1 amide bonds. The second-order valence-corrected chi connectivity index (χ2v) is 5.90. The fraction of sp³-hybridized carbons (Fsp3) is 0.200. The SMILES string of the molecule is CC(CNc1nc(-c2cccc(C(N)=O)c2)ns1)c1cc[nH]n1. The monoisotopic (exact) mass is 328 g/mol. The lowest BCUT2D eigenvalue weighted by Crippen LogP contribution is -2.10. The molecule has 7 nitrogen and oxygen atoms in total. The van der Waals surface area contributed by atoms with E-state index in [1.807, 2.05) is 12.1 Å². The standard InChI is InChI=1S/C15H16N6OS/c1-9(12-5-6-18-20-12)8-17-15-19-14(21-23-15)11-4-2-3-10(7-11)13(16)22/h2-7,9H,8H2,1H3,(H2,16,22)(H,18,20)(H,17,19,21). The highest BCUT2D eigenvalue weighted by atomic mass is 32.1. The number of aromatic amines is 1. The number of hydrogen-bond donors (Lipinski definition) is 3. The molecule has 0 fully saturated rings. The maximum Gasteiger partial charge on any atom is 0.248 e. The highest BCUT2D eigenvalue weighted by molar-refractivity contribution is 7.09. The normalized spacial score (nSPS) is 12.0. The van der Waals surface area contributed by atoms with Gasteiger partial charge in [-0.1, -0.05) is 19.1 Å². The molecule has 0 bridgehead atoms. The van der Waals surface area contributed by atoms with Crippen LogP contribution in [0.2, 0.25) is 0 Å². The lowest BCUT2D eigenvalue weighted by atomic mass is 10.1. The van der Waals surface area contributed by atoms with E-state index in [9.17, 15) is 4.79 Å².